The molecule has 5 rings (SSSR count). The fourth-order valence-corrected chi connectivity index (χ4v) is 4.93. The predicted molar refractivity (Wildman–Crippen MR) is 127 cm³/mol. The van der Waals surface area contributed by atoms with E-state index in [0.717, 1.165) is 38.2 Å². The zero-order valence-corrected chi connectivity index (χ0v) is 19.5. The summed E-state index contributed by atoms with van der Waals surface area (Å²) in [6, 6.07) is 2.35. The summed E-state index contributed by atoms with van der Waals surface area (Å²) in [6.45, 7) is 4.04. The van der Waals surface area contributed by atoms with Crippen LogP contribution in [0.1, 0.15) is 18.4 Å². The number of hydrogen-bond acceptors (Lipinski definition) is 9. The van der Waals surface area contributed by atoms with Crippen molar-refractivity contribution in [2.24, 2.45) is 0 Å². The summed E-state index contributed by atoms with van der Waals surface area (Å²) < 4.78 is 44.0. The van der Waals surface area contributed by atoms with Crippen molar-refractivity contribution in [3.63, 3.8) is 0 Å². The van der Waals surface area contributed by atoms with Crippen molar-refractivity contribution in [1.29, 1.82) is 0 Å². The van der Waals surface area contributed by atoms with Gasteiger partial charge < -0.3 is 20.3 Å². The SMILES string of the molecule is O=c1[nH]c(N2CCOCC2)nc(NC2CCCNC2)c1-c1nc(-c2ccc(C(F)(F)F)cn2)cs1. The van der Waals surface area contributed by atoms with Crippen LogP contribution in [0, 0.1) is 0 Å². The van der Waals surface area contributed by atoms with E-state index in [9.17, 15) is 18.0 Å². The lowest BCUT2D eigenvalue weighted by molar-refractivity contribution is -0.137. The predicted octanol–water partition coefficient (Wildman–Crippen LogP) is 2.97. The van der Waals surface area contributed by atoms with E-state index < -0.39 is 11.7 Å². The Bertz CT molecular complexity index is 1220. The van der Waals surface area contributed by atoms with Gasteiger partial charge in [0.15, 0.2) is 0 Å². The molecule has 0 saturated carbocycles. The molecule has 2 aliphatic rings. The second-order valence-electron chi connectivity index (χ2n) is 8.37. The normalized spacial score (nSPS) is 19.1. The smallest absolute Gasteiger partial charge is 0.378 e. The van der Waals surface area contributed by atoms with Crippen LogP contribution in [0.3, 0.4) is 0 Å². The second kappa shape index (κ2) is 9.91. The molecule has 0 aromatic carbocycles. The van der Waals surface area contributed by atoms with Gasteiger partial charge in [-0.15, -0.1) is 11.3 Å². The number of ether oxygens (including phenoxy) is 1. The number of alkyl halides is 3. The minimum absolute atomic E-state index is 0.102. The number of nitrogens with zero attached hydrogens (tertiary/aromatic N) is 4. The van der Waals surface area contributed by atoms with E-state index >= 15 is 0 Å². The number of aromatic amines is 1. The molecule has 0 spiro atoms. The van der Waals surface area contributed by atoms with Crippen molar-refractivity contribution in [2.45, 2.75) is 25.1 Å². The first kappa shape index (κ1) is 23.7. The van der Waals surface area contributed by atoms with Crippen LogP contribution in [0.15, 0.2) is 28.5 Å². The third kappa shape index (κ3) is 5.31. The van der Waals surface area contributed by atoms with Crippen LogP contribution in [0.25, 0.3) is 22.0 Å². The molecule has 0 aliphatic carbocycles. The lowest BCUT2D eigenvalue weighted by Gasteiger charge is -2.29. The topological polar surface area (TPSA) is 108 Å². The van der Waals surface area contributed by atoms with Crippen LogP contribution in [-0.4, -0.2) is 65.4 Å². The van der Waals surface area contributed by atoms with E-state index in [4.69, 9.17) is 9.72 Å². The highest BCUT2D eigenvalue weighted by molar-refractivity contribution is 7.13. The highest BCUT2D eigenvalue weighted by Gasteiger charge is 2.31. The molecule has 9 nitrogen and oxygen atoms in total. The Hall–Kier alpha value is -3.03. The molecule has 3 N–H and O–H groups in total. The van der Waals surface area contributed by atoms with Gasteiger partial charge in [0.1, 0.15) is 22.1 Å². The van der Waals surface area contributed by atoms with Crippen molar-refractivity contribution in [3.05, 3.63) is 39.6 Å². The first-order valence-electron chi connectivity index (χ1n) is 11.3. The maximum atomic E-state index is 13.3. The molecule has 35 heavy (non-hydrogen) atoms. The van der Waals surface area contributed by atoms with Crippen molar-refractivity contribution >= 4 is 23.1 Å². The Kier molecular flexibility index (Phi) is 6.71. The van der Waals surface area contributed by atoms with Gasteiger partial charge in [-0.2, -0.15) is 18.2 Å². The summed E-state index contributed by atoms with van der Waals surface area (Å²) in [5, 5.41) is 8.84. The molecule has 3 aromatic rings. The molecular formula is C22H24F3N7O2S. The highest BCUT2D eigenvalue weighted by atomic mass is 32.1. The molecule has 186 valence electrons. The third-order valence-corrected chi connectivity index (χ3v) is 6.79. The molecule has 2 aliphatic heterocycles. The summed E-state index contributed by atoms with van der Waals surface area (Å²) >= 11 is 1.22. The van der Waals surface area contributed by atoms with E-state index in [-0.39, 0.29) is 11.6 Å². The number of piperidine rings is 1. The Morgan fingerprint density at radius 1 is 1.17 bits per heavy atom. The number of morpholine rings is 1. The van der Waals surface area contributed by atoms with E-state index in [1.807, 2.05) is 4.90 Å². The monoisotopic (exact) mass is 507 g/mol. The third-order valence-electron chi connectivity index (χ3n) is 5.93. The van der Waals surface area contributed by atoms with Crippen molar-refractivity contribution in [2.75, 3.05) is 49.6 Å². The highest BCUT2D eigenvalue weighted by Crippen LogP contribution is 2.33. The molecule has 2 saturated heterocycles. The summed E-state index contributed by atoms with van der Waals surface area (Å²) in [6.07, 6.45) is -1.74. The minimum atomic E-state index is -4.46. The zero-order chi connectivity index (χ0) is 24.4. The Balaban J connectivity index is 1.49. The van der Waals surface area contributed by atoms with Gasteiger partial charge in [0.2, 0.25) is 5.95 Å². The average molecular weight is 508 g/mol. The number of anilines is 2. The fraction of sp³-hybridized carbons (Fsp3) is 0.455. The van der Waals surface area contributed by atoms with Crippen molar-refractivity contribution < 1.29 is 17.9 Å². The molecule has 0 amide bonds. The Morgan fingerprint density at radius 2 is 2.00 bits per heavy atom. The summed E-state index contributed by atoms with van der Waals surface area (Å²) in [5.74, 6) is 0.903. The van der Waals surface area contributed by atoms with E-state index in [1.54, 1.807) is 5.38 Å². The maximum Gasteiger partial charge on any atom is 0.417 e. The van der Waals surface area contributed by atoms with Crippen LogP contribution in [0.2, 0.25) is 0 Å². The molecule has 5 heterocycles. The minimum Gasteiger partial charge on any atom is -0.378 e. The number of halogens is 3. The summed E-state index contributed by atoms with van der Waals surface area (Å²) in [5.41, 5.74) is -0.185. The number of nitrogens with one attached hydrogen (secondary N) is 3. The van der Waals surface area contributed by atoms with Crippen LogP contribution >= 0.6 is 11.3 Å². The Morgan fingerprint density at radius 3 is 2.69 bits per heavy atom. The maximum absolute atomic E-state index is 13.3. The Labute approximate surface area is 202 Å². The van der Waals surface area contributed by atoms with E-state index in [0.29, 0.717) is 60.0 Å². The summed E-state index contributed by atoms with van der Waals surface area (Å²) in [4.78, 5) is 31.3. The molecule has 0 bridgehead atoms. The quantitative estimate of drug-likeness (QED) is 0.484. The van der Waals surface area contributed by atoms with Gasteiger partial charge in [0.25, 0.3) is 5.56 Å². The number of thiazole rings is 1. The largest absolute Gasteiger partial charge is 0.417 e. The summed E-state index contributed by atoms with van der Waals surface area (Å²) in [7, 11) is 0. The number of rotatable bonds is 5. The zero-order valence-electron chi connectivity index (χ0n) is 18.7. The molecule has 1 atom stereocenters. The van der Waals surface area contributed by atoms with Crippen LogP contribution < -0.4 is 21.1 Å². The molecular weight excluding hydrogens is 483 g/mol. The van der Waals surface area contributed by atoms with Gasteiger partial charge in [-0.3, -0.25) is 14.8 Å². The van der Waals surface area contributed by atoms with Crippen LogP contribution in [0.4, 0.5) is 24.9 Å². The van der Waals surface area contributed by atoms with Gasteiger partial charge >= 0.3 is 6.18 Å². The van der Waals surface area contributed by atoms with Crippen molar-refractivity contribution in [1.82, 2.24) is 25.3 Å². The van der Waals surface area contributed by atoms with Gasteiger partial charge in [0.05, 0.1) is 24.5 Å². The average Bonchev–Trinajstić information content (AvgIpc) is 3.34. The van der Waals surface area contributed by atoms with E-state index in [2.05, 4.69) is 25.6 Å². The lowest BCUT2D eigenvalue weighted by Crippen LogP contribution is -2.40. The van der Waals surface area contributed by atoms with Gasteiger partial charge in [-0.1, -0.05) is 0 Å². The molecule has 2 fully saturated rings. The van der Waals surface area contributed by atoms with Gasteiger partial charge in [-0.05, 0) is 31.5 Å². The lowest BCUT2D eigenvalue weighted by atomic mass is 10.1. The van der Waals surface area contributed by atoms with E-state index in [1.165, 1.54) is 17.4 Å². The first-order valence-corrected chi connectivity index (χ1v) is 12.2. The molecule has 3 aromatic heterocycles. The number of hydrogen-bond donors (Lipinski definition) is 3. The number of aromatic nitrogens is 4. The molecule has 0 radical (unpaired) electrons. The van der Waals surface area contributed by atoms with Gasteiger partial charge in [0, 0.05) is 37.3 Å². The standard InChI is InChI=1S/C22H24F3N7O2S/c23-22(24,25)13-3-4-15(27-10-13)16-12-35-20(29-16)17-18(28-14-2-1-5-26-11-14)30-21(31-19(17)33)32-6-8-34-9-7-32/h3-4,10,12,14,26H,1-2,5-9,11H2,(H2,28,30,31,33). The number of pyridine rings is 1. The second-order valence-corrected chi connectivity index (χ2v) is 9.23. The molecule has 13 heteroatoms. The van der Waals surface area contributed by atoms with Crippen molar-refractivity contribution in [3.8, 4) is 22.0 Å². The molecule has 1 unspecified atom stereocenters. The van der Waals surface area contributed by atoms with Crippen LogP contribution in [0.5, 0.6) is 0 Å². The fourth-order valence-electron chi connectivity index (χ4n) is 4.08. The first-order chi connectivity index (χ1) is 16.9. The number of H-pyrrole nitrogens is 1. The van der Waals surface area contributed by atoms with Gasteiger partial charge in [-0.25, -0.2) is 4.98 Å². The van der Waals surface area contributed by atoms with Crippen LogP contribution in [-0.2, 0) is 10.9 Å².